The summed E-state index contributed by atoms with van der Waals surface area (Å²) in [5.74, 6) is -0.138. The number of fused-ring (bicyclic) bond motifs is 1. The lowest BCUT2D eigenvalue weighted by Gasteiger charge is -2.29. The van der Waals surface area contributed by atoms with Crippen LogP contribution in [-0.4, -0.2) is 18.0 Å². The minimum absolute atomic E-state index is 0.103. The van der Waals surface area contributed by atoms with Crippen LogP contribution in [0.4, 0.5) is 5.69 Å². The molecule has 124 valence electrons. The van der Waals surface area contributed by atoms with Crippen molar-refractivity contribution in [3.8, 4) is 0 Å². The van der Waals surface area contributed by atoms with E-state index in [0.29, 0.717) is 6.54 Å². The van der Waals surface area contributed by atoms with Gasteiger partial charge in [0.2, 0.25) is 0 Å². The maximum atomic E-state index is 13.3. The Balaban J connectivity index is 1.70. The highest BCUT2D eigenvalue weighted by Crippen LogP contribution is 2.41. The Morgan fingerprint density at radius 3 is 2.16 bits per heavy atom. The van der Waals surface area contributed by atoms with Gasteiger partial charge in [-0.25, -0.2) is 10.0 Å². The van der Waals surface area contributed by atoms with E-state index in [1.807, 2.05) is 83.8 Å². The third kappa shape index (κ3) is 2.83. The van der Waals surface area contributed by atoms with E-state index in [4.69, 9.17) is 0 Å². The van der Waals surface area contributed by atoms with E-state index in [-0.39, 0.29) is 11.8 Å². The molecule has 0 radical (unpaired) electrons. The van der Waals surface area contributed by atoms with E-state index in [9.17, 15) is 4.79 Å². The summed E-state index contributed by atoms with van der Waals surface area (Å²) in [5, 5.41) is 3.82. The largest absolute Gasteiger partial charge is 0.272 e. The minimum atomic E-state index is -0.240. The summed E-state index contributed by atoms with van der Waals surface area (Å²) in [4.78, 5) is 13.3. The van der Waals surface area contributed by atoms with Gasteiger partial charge in [-0.15, -0.1) is 0 Å². The number of rotatable bonds is 4. The lowest BCUT2D eigenvalue weighted by molar-refractivity contribution is -0.121. The van der Waals surface area contributed by atoms with Crippen molar-refractivity contribution in [2.45, 2.75) is 12.5 Å². The number of benzene rings is 3. The second kappa shape index (κ2) is 6.54. The average Bonchev–Trinajstić information content (AvgIpc) is 2.95. The predicted octanol–water partition coefficient (Wildman–Crippen LogP) is 4.21. The van der Waals surface area contributed by atoms with E-state index < -0.39 is 0 Å². The molecule has 3 nitrogen and oxygen atoms in total. The van der Waals surface area contributed by atoms with E-state index in [1.165, 1.54) is 5.56 Å². The first-order chi connectivity index (χ1) is 12.3. The number of anilines is 1. The van der Waals surface area contributed by atoms with Crippen LogP contribution < -0.4 is 5.01 Å². The molecule has 25 heavy (non-hydrogen) atoms. The fraction of sp³-hybridized carbons (Fsp3) is 0.136. The van der Waals surface area contributed by atoms with Crippen LogP contribution in [0.3, 0.4) is 0 Å². The summed E-state index contributed by atoms with van der Waals surface area (Å²) in [6.07, 6.45) is 0. The molecule has 1 atom stereocenters. The van der Waals surface area contributed by atoms with Crippen LogP contribution in [0.5, 0.6) is 0 Å². The van der Waals surface area contributed by atoms with E-state index in [0.717, 1.165) is 16.8 Å². The maximum absolute atomic E-state index is 13.3. The third-order valence-corrected chi connectivity index (χ3v) is 4.66. The molecule has 4 rings (SSSR count). The molecule has 0 unspecified atom stereocenters. The van der Waals surface area contributed by atoms with Gasteiger partial charge in [0.05, 0.1) is 11.6 Å². The van der Waals surface area contributed by atoms with Gasteiger partial charge in [-0.1, -0.05) is 78.9 Å². The topological polar surface area (TPSA) is 23.6 Å². The van der Waals surface area contributed by atoms with Crippen molar-refractivity contribution in [1.82, 2.24) is 5.01 Å². The second-order valence-corrected chi connectivity index (χ2v) is 6.35. The van der Waals surface area contributed by atoms with Gasteiger partial charge >= 0.3 is 0 Å². The molecule has 0 aliphatic carbocycles. The molecule has 0 saturated heterocycles. The number of amides is 1. The first-order valence-corrected chi connectivity index (χ1v) is 8.48. The monoisotopic (exact) mass is 328 g/mol. The first-order valence-electron chi connectivity index (χ1n) is 8.48. The van der Waals surface area contributed by atoms with Crippen LogP contribution >= 0.6 is 0 Å². The van der Waals surface area contributed by atoms with Gasteiger partial charge in [-0.3, -0.25) is 4.79 Å². The molecule has 1 aliphatic heterocycles. The van der Waals surface area contributed by atoms with Crippen LogP contribution in [0.1, 0.15) is 22.6 Å². The van der Waals surface area contributed by atoms with Crippen LogP contribution in [0.2, 0.25) is 0 Å². The molecule has 0 saturated carbocycles. The standard InChI is InChI=1S/C22H20N2O/c1-23(16-17-10-4-2-5-11-17)24-20-15-9-8-14-19(20)21(22(24)25)18-12-6-3-7-13-18/h2-15,21H,16H2,1H3/t21-/m1/s1. The molecule has 0 N–H and O–H groups in total. The van der Waals surface area contributed by atoms with Crippen molar-refractivity contribution in [3.05, 3.63) is 102 Å². The van der Waals surface area contributed by atoms with Gasteiger partial charge in [0.1, 0.15) is 0 Å². The quantitative estimate of drug-likeness (QED) is 0.716. The first kappa shape index (κ1) is 15.6. The molecule has 0 bridgehead atoms. The van der Waals surface area contributed by atoms with Crippen molar-refractivity contribution in [2.75, 3.05) is 12.1 Å². The molecule has 1 amide bonds. The number of nitrogens with zero attached hydrogens (tertiary/aromatic N) is 2. The van der Waals surface area contributed by atoms with E-state index >= 15 is 0 Å². The molecule has 3 aromatic carbocycles. The number of hydrogen-bond donors (Lipinski definition) is 0. The van der Waals surface area contributed by atoms with Crippen molar-refractivity contribution >= 4 is 11.6 Å². The highest BCUT2D eigenvalue weighted by atomic mass is 16.2. The van der Waals surface area contributed by atoms with Crippen molar-refractivity contribution in [3.63, 3.8) is 0 Å². The molecule has 0 spiro atoms. The summed E-state index contributed by atoms with van der Waals surface area (Å²) in [6, 6.07) is 28.3. The van der Waals surface area contributed by atoms with Crippen LogP contribution in [-0.2, 0) is 11.3 Å². The van der Waals surface area contributed by atoms with Gasteiger partial charge in [0, 0.05) is 13.6 Å². The molecule has 3 aromatic rings. The summed E-state index contributed by atoms with van der Waals surface area (Å²) in [5.41, 5.74) is 4.26. The SMILES string of the molecule is CN(Cc1ccccc1)N1C(=O)[C@H](c2ccccc2)c2ccccc21. The smallest absolute Gasteiger partial charge is 0.253 e. The fourth-order valence-electron chi connectivity index (χ4n) is 3.54. The Kier molecular flexibility index (Phi) is 4.08. The lowest BCUT2D eigenvalue weighted by atomic mass is 9.93. The molecule has 0 fully saturated rings. The third-order valence-electron chi connectivity index (χ3n) is 4.66. The summed E-state index contributed by atoms with van der Waals surface area (Å²) in [6.45, 7) is 0.683. The van der Waals surface area contributed by atoms with Crippen molar-refractivity contribution in [1.29, 1.82) is 0 Å². The normalized spacial score (nSPS) is 16.3. The van der Waals surface area contributed by atoms with Crippen LogP contribution in [0, 0.1) is 0 Å². The Morgan fingerprint density at radius 2 is 1.44 bits per heavy atom. The Hall–Kier alpha value is -2.91. The zero-order chi connectivity index (χ0) is 17.2. The average molecular weight is 328 g/mol. The van der Waals surface area contributed by atoms with Crippen molar-refractivity contribution in [2.24, 2.45) is 0 Å². The van der Waals surface area contributed by atoms with E-state index in [1.54, 1.807) is 0 Å². The molecule has 0 aromatic heterocycles. The van der Waals surface area contributed by atoms with Gasteiger partial charge in [0.25, 0.3) is 5.91 Å². The van der Waals surface area contributed by atoms with Crippen LogP contribution in [0.15, 0.2) is 84.9 Å². The molecular weight excluding hydrogens is 308 g/mol. The molecule has 3 heteroatoms. The number of carbonyl (C=O) groups is 1. The van der Waals surface area contributed by atoms with Crippen LogP contribution in [0.25, 0.3) is 0 Å². The van der Waals surface area contributed by atoms with E-state index in [2.05, 4.69) is 18.2 Å². The molecular formula is C22H20N2O. The summed E-state index contributed by atoms with van der Waals surface area (Å²) < 4.78 is 0. The summed E-state index contributed by atoms with van der Waals surface area (Å²) in [7, 11) is 1.97. The van der Waals surface area contributed by atoms with Gasteiger partial charge in [-0.05, 0) is 22.8 Å². The molecule has 1 aliphatic rings. The van der Waals surface area contributed by atoms with Gasteiger partial charge in [-0.2, -0.15) is 0 Å². The van der Waals surface area contributed by atoms with Gasteiger partial charge < -0.3 is 0 Å². The van der Waals surface area contributed by atoms with Crippen molar-refractivity contribution < 1.29 is 4.79 Å². The number of carbonyl (C=O) groups excluding carboxylic acids is 1. The number of para-hydroxylation sites is 1. The second-order valence-electron chi connectivity index (χ2n) is 6.35. The molecule has 1 heterocycles. The number of hydrogen-bond acceptors (Lipinski definition) is 2. The zero-order valence-electron chi connectivity index (χ0n) is 14.2. The maximum Gasteiger partial charge on any atom is 0.253 e. The Morgan fingerprint density at radius 1 is 0.840 bits per heavy atom. The fourth-order valence-corrected chi connectivity index (χ4v) is 3.54. The number of hydrazine groups is 1. The van der Waals surface area contributed by atoms with Gasteiger partial charge in [0.15, 0.2) is 0 Å². The minimum Gasteiger partial charge on any atom is -0.272 e. The highest BCUT2D eigenvalue weighted by Gasteiger charge is 2.39. The summed E-state index contributed by atoms with van der Waals surface area (Å²) >= 11 is 0. The highest BCUT2D eigenvalue weighted by molar-refractivity contribution is 6.06. The Bertz CT molecular complexity index is 877. The lowest BCUT2D eigenvalue weighted by Crippen LogP contribution is -2.42. The Labute approximate surface area is 148 Å². The predicted molar refractivity (Wildman–Crippen MR) is 100 cm³/mol. The zero-order valence-corrected chi connectivity index (χ0v) is 14.2.